The molecule has 1 aliphatic heterocycles. The smallest absolute Gasteiger partial charge is 0.363 e. The normalized spacial score (nSPS) is 14.0. The van der Waals surface area contributed by atoms with Crippen LogP contribution in [0.1, 0.15) is 16.8 Å². The molecule has 0 unspecified atom stereocenters. The van der Waals surface area contributed by atoms with Crippen molar-refractivity contribution in [3.63, 3.8) is 0 Å². The van der Waals surface area contributed by atoms with Crippen LogP contribution in [0.2, 0.25) is 0 Å². The summed E-state index contributed by atoms with van der Waals surface area (Å²) < 4.78 is 38.0. The SMILES string of the molecule is FC(F)(F)c1ccc(-c2ccc3c(c2)CN(c2ccccc2)CC=C3)nn1. The molecule has 0 amide bonds. The molecule has 3 nitrogen and oxygen atoms in total. The van der Waals surface area contributed by atoms with E-state index in [2.05, 4.69) is 39.4 Å². The maximum Gasteiger partial charge on any atom is 0.435 e. The first-order valence-corrected chi connectivity index (χ1v) is 8.51. The summed E-state index contributed by atoms with van der Waals surface area (Å²) in [5, 5.41) is 7.08. The van der Waals surface area contributed by atoms with Crippen molar-refractivity contribution in [2.75, 3.05) is 11.4 Å². The Morgan fingerprint density at radius 2 is 1.70 bits per heavy atom. The van der Waals surface area contributed by atoms with E-state index < -0.39 is 11.9 Å². The van der Waals surface area contributed by atoms with Crippen molar-refractivity contribution < 1.29 is 13.2 Å². The quantitative estimate of drug-likeness (QED) is 0.624. The standard InChI is InChI=1S/C21H16F3N3/c22-21(23,24)20-11-10-19(25-26-20)16-9-8-15-5-4-12-27(14-17(15)13-16)18-6-2-1-3-7-18/h1-11,13H,12,14H2. The summed E-state index contributed by atoms with van der Waals surface area (Å²) in [5.74, 6) is 0. The second-order valence-electron chi connectivity index (χ2n) is 6.33. The van der Waals surface area contributed by atoms with Gasteiger partial charge < -0.3 is 4.90 Å². The predicted molar refractivity (Wildman–Crippen MR) is 99.0 cm³/mol. The van der Waals surface area contributed by atoms with Crippen LogP contribution in [0, 0.1) is 0 Å². The predicted octanol–water partition coefficient (Wildman–Crippen LogP) is 5.20. The summed E-state index contributed by atoms with van der Waals surface area (Å²) in [6.07, 6.45) is -0.308. The number of benzene rings is 2. The van der Waals surface area contributed by atoms with Gasteiger partial charge in [0.05, 0.1) is 5.69 Å². The van der Waals surface area contributed by atoms with E-state index in [-0.39, 0.29) is 0 Å². The van der Waals surface area contributed by atoms with E-state index in [1.807, 2.05) is 36.4 Å². The summed E-state index contributed by atoms with van der Waals surface area (Å²) in [7, 11) is 0. The largest absolute Gasteiger partial charge is 0.435 e. The molecule has 3 aromatic rings. The average Bonchev–Trinajstić information content (AvgIpc) is 2.90. The number of hydrogen-bond acceptors (Lipinski definition) is 3. The molecule has 27 heavy (non-hydrogen) atoms. The van der Waals surface area contributed by atoms with Crippen LogP contribution in [0.25, 0.3) is 17.3 Å². The molecule has 1 aliphatic rings. The van der Waals surface area contributed by atoms with Gasteiger partial charge in [0.2, 0.25) is 0 Å². The van der Waals surface area contributed by atoms with Gasteiger partial charge >= 0.3 is 6.18 Å². The zero-order valence-corrected chi connectivity index (χ0v) is 14.3. The number of anilines is 1. The van der Waals surface area contributed by atoms with Crippen LogP contribution in [-0.4, -0.2) is 16.7 Å². The van der Waals surface area contributed by atoms with Crippen molar-refractivity contribution in [3.05, 3.63) is 83.6 Å². The van der Waals surface area contributed by atoms with Gasteiger partial charge in [-0.25, -0.2) is 0 Å². The molecule has 0 spiro atoms. The molecular weight excluding hydrogens is 351 g/mol. The first-order valence-electron chi connectivity index (χ1n) is 8.51. The van der Waals surface area contributed by atoms with E-state index in [0.717, 1.165) is 35.0 Å². The first kappa shape index (κ1) is 17.3. The Kier molecular flexibility index (Phi) is 4.39. The molecule has 0 saturated heterocycles. The van der Waals surface area contributed by atoms with Crippen LogP contribution in [0.15, 0.2) is 66.7 Å². The molecule has 6 heteroatoms. The Hall–Kier alpha value is -3.15. The van der Waals surface area contributed by atoms with Gasteiger partial charge in [-0.05, 0) is 41.5 Å². The van der Waals surface area contributed by atoms with E-state index in [0.29, 0.717) is 12.2 Å². The first-order chi connectivity index (χ1) is 13.0. The zero-order chi connectivity index (χ0) is 18.9. The molecule has 0 N–H and O–H groups in total. The highest BCUT2D eigenvalue weighted by Gasteiger charge is 2.32. The Morgan fingerprint density at radius 3 is 2.41 bits per heavy atom. The molecule has 0 bridgehead atoms. The number of nitrogens with zero attached hydrogens (tertiary/aromatic N) is 3. The average molecular weight is 367 g/mol. The molecule has 1 aromatic heterocycles. The fourth-order valence-electron chi connectivity index (χ4n) is 3.11. The summed E-state index contributed by atoms with van der Waals surface area (Å²) >= 11 is 0. The number of halogens is 3. The lowest BCUT2D eigenvalue weighted by atomic mass is 10.0. The number of alkyl halides is 3. The van der Waals surface area contributed by atoms with E-state index in [4.69, 9.17) is 0 Å². The van der Waals surface area contributed by atoms with Gasteiger partial charge in [0.15, 0.2) is 5.69 Å². The second kappa shape index (κ2) is 6.87. The van der Waals surface area contributed by atoms with Gasteiger partial charge in [-0.2, -0.15) is 13.2 Å². The van der Waals surface area contributed by atoms with E-state index in [1.165, 1.54) is 6.07 Å². The Labute approximate surface area is 154 Å². The lowest BCUT2D eigenvalue weighted by molar-refractivity contribution is -0.141. The number of aromatic nitrogens is 2. The maximum absolute atomic E-state index is 12.7. The molecule has 0 radical (unpaired) electrons. The summed E-state index contributed by atoms with van der Waals surface area (Å²) in [5.41, 5.74) is 3.49. The van der Waals surface area contributed by atoms with Crippen molar-refractivity contribution in [2.45, 2.75) is 12.7 Å². The van der Waals surface area contributed by atoms with Crippen LogP contribution in [0.4, 0.5) is 18.9 Å². The van der Waals surface area contributed by atoms with E-state index >= 15 is 0 Å². The van der Waals surface area contributed by atoms with E-state index in [9.17, 15) is 13.2 Å². The van der Waals surface area contributed by atoms with Gasteiger partial charge in [-0.1, -0.05) is 42.5 Å². The van der Waals surface area contributed by atoms with Crippen LogP contribution >= 0.6 is 0 Å². The molecular formula is C21H16F3N3. The topological polar surface area (TPSA) is 29.0 Å². The monoisotopic (exact) mass is 367 g/mol. The molecule has 2 heterocycles. The number of hydrogen-bond donors (Lipinski definition) is 0. The third kappa shape index (κ3) is 3.69. The third-order valence-electron chi connectivity index (χ3n) is 4.50. The van der Waals surface area contributed by atoms with Gasteiger partial charge in [0, 0.05) is 24.3 Å². The highest BCUT2D eigenvalue weighted by molar-refractivity contribution is 5.67. The highest BCUT2D eigenvalue weighted by atomic mass is 19.4. The van der Waals surface area contributed by atoms with Crippen LogP contribution in [0.3, 0.4) is 0 Å². The van der Waals surface area contributed by atoms with Crippen molar-refractivity contribution in [1.82, 2.24) is 10.2 Å². The number of rotatable bonds is 2. The molecule has 0 saturated carbocycles. The molecule has 0 aliphatic carbocycles. The Bertz CT molecular complexity index is 964. The lowest BCUT2D eigenvalue weighted by Gasteiger charge is -2.23. The van der Waals surface area contributed by atoms with Crippen molar-refractivity contribution in [2.24, 2.45) is 0 Å². The minimum atomic E-state index is -4.49. The van der Waals surface area contributed by atoms with Crippen molar-refractivity contribution >= 4 is 11.8 Å². The van der Waals surface area contributed by atoms with Gasteiger partial charge in [0.25, 0.3) is 0 Å². The molecule has 2 aromatic carbocycles. The van der Waals surface area contributed by atoms with Crippen molar-refractivity contribution in [3.8, 4) is 11.3 Å². The highest BCUT2D eigenvalue weighted by Crippen LogP contribution is 2.29. The number of para-hydroxylation sites is 1. The zero-order valence-electron chi connectivity index (χ0n) is 14.3. The summed E-state index contributed by atoms with van der Waals surface area (Å²) in [4.78, 5) is 2.24. The Morgan fingerprint density at radius 1 is 0.889 bits per heavy atom. The second-order valence-corrected chi connectivity index (χ2v) is 6.33. The Balaban J connectivity index is 1.65. The minimum absolute atomic E-state index is 0.422. The van der Waals surface area contributed by atoms with Gasteiger partial charge in [-0.15, -0.1) is 10.2 Å². The summed E-state index contributed by atoms with van der Waals surface area (Å²) in [6, 6.07) is 18.2. The molecule has 136 valence electrons. The maximum atomic E-state index is 12.7. The lowest BCUT2D eigenvalue weighted by Crippen LogP contribution is -2.21. The van der Waals surface area contributed by atoms with Crippen LogP contribution in [0.5, 0.6) is 0 Å². The molecule has 0 atom stereocenters. The fraction of sp³-hybridized carbons (Fsp3) is 0.143. The number of fused-ring (bicyclic) bond motifs is 1. The third-order valence-corrected chi connectivity index (χ3v) is 4.50. The van der Waals surface area contributed by atoms with E-state index in [1.54, 1.807) is 0 Å². The fourth-order valence-corrected chi connectivity index (χ4v) is 3.11. The van der Waals surface area contributed by atoms with Gasteiger partial charge in [-0.3, -0.25) is 0 Å². The van der Waals surface area contributed by atoms with Gasteiger partial charge in [0.1, 0.15) is 0 Å². The molecule has 4 rings (SSSR count). The minimum Gasteiger partial charge on any atom is -0.363 e. The van der Waals surface area contributed by atoms with Crippen molar-refractivity contribution in [1.29, 1.82) is 0 Å². The van der Waals surface area contributed by atoms with Crippen LogP contribution < -0.4 is 4.90 Å². The molecule has 0 fully saturated rings. The summed E-state index contributed by atoms with van der Waals surface area (Å²) in [6.45, 7) is 1.49. The van der Waals surface area contributed by atoms with Crippen LogP contribution in [-0.2, 0) is 12.7 Å².